The van der Waals surface area contributed by atoms with Gasteiger partial charge in [-0.25, -0.2) is 19.9 Å². The van der Waals surface area contributed by atoms with Crippen LogP contribution in [0.3, 0.4) is 0 Å². The van der Waals surface area contributed by atoms with Crippen LogP contribution >= 0.6 is 0 Å². The fourth-order valence-corrected chi connectivity index (χ4v) is 4.04. The molecule has 2 aromatic heterocycles. The molecule has 1 aliphatic carbocycles. The summed E-state index contributed by atoms with van der Waals surface area (Å²) in [5.41, 5.74) is 3.30. The highest BCUT2D eigenvalue weighted by molar-refractivity contribution is 5.86. The lowest BCUT2D eigenvalue weighted by molar-refractivity contribution is 0.116. The second-order valence-electron chi connectivity index (χ2n) is 8.60. The Morgan fingerprint density at radius 2 is 1.77 bits per heavy atom. The monoisotopic (exact) mass is 419 g/mol. The van der Waals surface area contributed by atoms with Crippen molar-refractivity contribution in [2.75, 3.05) is 50.1 Å². The van der Waals surface area contributed by atoms with E-state index < -0.39 is 0 Å². The molecular formula is C23H29N7O. The number of benzene rings is 1. The number of hydrogen-bond acceptors (Lipinski definition) is 8. The SMILES string of the molecule is CN(C)c1ncc(CN2CCN(c3ccc4ncnc(OC5CCC5)c4c3)CC2)cn1. The Bertz CT molecular complexity index is 1030. The van der Waals surface area contributed by atoms with E-state index in [0.29, 0.717) is 6.10 Å². The summed E-state index contributed by atoms with van der Waals surface area (Å²) in [5.74, 6) is 1.46. The Kier molecular flexibility index (Phi) is 5.55. The Morgan fingerprint density at radius 1 is 1.00 bits per heavy atom. The number of rotatable bonds is 6. The third kappa shape index (κ3) is 4.39. The first kappa shape index (κ1) is 19.9. The minimum Gasteiger partial charge on any atom is -0.474 e. The molecule has 8 heteroatoms. The molecule has 3 heterocycles. The van der Waals surface area contributed by atoms with Crippen LogP contribution < -0.4 is 14.5 Å². The van der Waals surface area contributed by atoms with Crippen LogP contribution in [0.2, 0.25) is 0 Å². The van der Waals surface area contributed by atoms with Crippen LogP contribution in [-0.2, 0) is 6.54 Å². The Morgan fingerprint density at radius 3 is 2.45 bits per heavy atom. The zero-order chi connectivity index (χ0) is 21.2. The summed E-state index contributed by atoms with van der Waals surface area (Å²) in [4.78, 5) is 24.5. The van der Waals surface area contributed by atoms with E-state index in [1.54, 1.807) is 6.33 Å². The molecule has 2 aliphatic rings. The molecule has 5 rings (SSSR count). The van der Waals surface area contributed by atoms with Crippen LogP contribution in [0.5, 0.6) is 5.88 Å². The highest BCUT2D eigenvalue weighted by atomic mass is 16.5. The molecule has 1 saturated heterocycles. The predicted octanol–water partition coefficient (Wildman–Crippen LogP) is 2.74. The van der Waals surface area contributed by atoms with Crippen molar-refractivity contribution in [2.24, 2.45) is 0 Å². The quantitative estimate of drug-likeness (QED) is 0.604. The number of hydrogen-bond donors (Lipinski definition) is 0. The minimum absolute atomic E-state index is 0.307. The fraction of sp³-hybridized carbons (Fsp3) is 0.478. The molecule has 0 amide bonds. The number of ether oxygens (including phenoxy) is 1. The van der Waals surface area contributed by atoms with Gasteiger partial charge in [0, 0.05) is 70.5 Å². The molecule has 31 heavy (non-hydrogen) atoms. The number of nitrogens with zero attached hydrogens (tertiary/aromatic N) is 7. The highest BCUT2D eigenvalue weighted by Gasteiger charge is 2.22. The van der Waals surface area contributed by atoms with E-state index in [-0.39, 0.29) is 0 Å². The number of aromatic nitrogens is 4. The maximum atomic E-state index is 6.12. The molecule has 1 aliphatic heterocycles. The number of fused-ring (bicyclic) bond motifs is 1. The van der Waals surface area contributed by atoms with Crippen molar-refractivity contribution in [1.82, 2.24) is 24.8 Å². The van der Waals surface area contributed by atoms with Gasteiger partial charge < -0.3 is 14.5 Å². The largest absolute Gasteiger partial charge is 0.474 e. The number of anilines is 2. The van der Waals surface area contributed by atoms with Gasteiger partial charge in [0.25, 0.3) is 0 Å². The average molecular weight is 420 g/mol. The van der Waals surface area contributed by atoms with Crippen LogP contribution in [0.25, 0.3) is 10.9 Å². The Labute approximate surface area is 182 Å². The van der Waals surface area contributed by atoms with E-state index in [4.69, 9.17) is 4.74 Å². The van der Waals surface area contributed by atoms with Crippen molar-refractivity contribution in [3.8, 4) is 5.88 Å². The van der Waals surface area contributed by atoms with Gasteiger partial charge in [-0.3, -0.25) is 4.90 Å². The maximum absolute atomic E-state index is 6.12. The van der Waals surface area contributed by atoms with Gasteiger partial charge in [-0.05, 0) is 37.5 Å². The van der Waals surface area contributed by atoms with Crippen LogP contribution in [0.15, 0.2) is 36.9 Å². The van der Waals surface area contributed by atoms with Crippen LogP contribution in [0.1, 0.15) is 24.8 Å². The third-order valence-electron chi connectivity index (χ3n) is 6.15. The molecule has 1 aromatic carbocycles. The number of piperazine rings is 1. The standard InChI is InChI=1S/C23H29N7O/c1-28(2)23-24-13-17(14-25-23)15-29-8-10-30(11-9-29)18-6-7-21-20(12-18)22(27-16-26-21)31-19-4-3-5-19/h6-7,12-14,16,19H,3-5,8-11,15H2,1-2H3. The van der Waals surface area contributed by atoms with Gasteiger partial charge in [-0.15, -0.1) is 0 Å². The lowest BCUT2D eigenvalue weighted by Crippen LogP contribution is -2.46. The first-order valence-corrected chi connectivity index (χ1v) is 11.0. The van der Waals surface area contributed by atoms with Gasteiger partial charge in [0.2, 0.25) is 11.8 Å². The molecule has 8 nitrogen and oxygen atoms in total. The van der Waals surface area contributed by atoms with Gasteiger partial charge >= 0.3 is 0 Å². The van der Waals surface area contributed by atoms with Crippen molar-refractivity contribution < 1.29 is 4.74 Å². The van der Waals surface area contributed by atoms with Gasteiger partial charge in [-0.1, -0.05) is 0 Å². The van der Waals surface area contributed by atoms with E-state index in [1.165, 1.54) is 12.1 Å². The molecule has 1 saturated carbocycles. The Balaban J connectivity index is 1.24. The highest BCUT2D eigenvalue weighted by Crippen LogP contribution is 2.31. The molecule has 0 N–H and O–H groups in total. The molecule has 0 bridgehead atoms. The van der Waals surface area contributed by atoms with Crippen LogP contribution in [0.4, 0.5) is 11.6 Å². The van der Waals surface area contributed by atoms with Crippen molar-refractivity contribution in [3.05, 3.63) is 42.5 Å². The van der Waals surface area contributed by atoms with Crippen molar-refractivity contribution in [2.45, 2.75) is 31.9 Å². The lowest BCUT2D eigenvalue weighted by Gasteiger charge is -2.36. The average Bonchev–Trinajstić information content (AvgIpc) is 2.77. The zero-order valence-electron chi connectivity index (χ0n) is 18.2. The molecular weight excluding hydrogens is 390 g/mol. The van der Waals surface area contributed by atoms with Crippen molar-refractivity contribution in [3.63, 3.8) is 0 Å². The predicted molar refractivity (Wildman–Crippen MR) is 122 cm³/mol. The molecule has 2 fully saturated rings. The lowest BCUT2D eigenvalue weighted by atomic mass is 9.96. The summed E-state index contributed by atoms with van der Waals surface area (Å²) in [5, 5.41) is 1.01. The van der Waals surface area contributed by atoms with Gasteiger partial charge in [0.05, 0.1) is 10.9 Å². The summed E-state index contributed by atoms with van der Waals surface area (Å²) in [6.07, 6.45) is 9.26. The normalized spacial score (nSPS) is 17.5. The summed E-state index contributed by atoms with van der Waals surface area (Å²) in [7, 11) is 3.91. The Hall–Kier alpha value is -3.00. The second kappa shape index (κ2) is 8.63. The van der Waals surface area contributed by atoms with E-state index in [2.05, 4.69) is 47.9 Å². The van der Waals surface area contributed by atoms with Crippen LogP contribution in [-0.4, -0.2) is 71.2 Å². The van der Waals surface area contributed by atoms with Gasteiger partial charge in [0.1, 0.15) is 12.4 Å². The summed E-state index contributed by atoms with van der Waals surface area (Å²) in [6, 6.07) is 6.43. The summed E-state index contributed by atoms with van der Waals surface area (Å²) < 4.78 is 6.12. The fourth-order valence-electron chi connectivity index (χ4n) is 4.04. The first-order valence-electron chi connectivity index (χ1n) is 11.0. The molecule has 162 valence electrons. The topological polar surface area (TPSA) is 70.5 Å². The van der Waals surface area contributed by atoms with Crippen LogP contribution in [0, 0.1) is 0 Å². The molecule has 0 unspecified atom stereocenters. The van der Waals surface area contributed by atoms with Crippen molar-refractivity contribution >= 4 is 22.5 Å². The van der Waals surface area contributed by atoms with E-state index in [0.717, 1.165) is 73.9 Å². The van der Waals surface area contributed by atoms with Gasteiger partial charge in [-0.2, -0.15) is 0 Å². The van der Waals surface area contributed by atoms with E-state index in [9.17, 15) is 0 Å². The second-order valence-corrected chi connectivity index (χ2v) is 8.60. The summed E-state index contributed by atoms with van der Waals surface area (Å²) in [6.45, 7) is 4.85. The third-order valence-corrected chi connectivity index (χ3v) is 6.15. The van der Waals surface area contributed by atoms with Crippen molar-refractivity contribution in [1.29, 1.82) is 0 Å². The van der Waals surface area contributed by atoms with E-state index in [1.807, 2.05) is 31.4 Å². The van der Waals surface area contributed by atoms with Gasteiger partial charge in [0.15, 0.2) is 0 Å². The zero-order valence-corrected chi connectivity index (χ0v) is 18.2. The first-order chi connectivity index (χ1) is 15.2. The smallest absolute Gasteiger partial charge is 0.224 e. The minimum atomic E-state index is 0.307. The maximum Gasteiger partial charge on any atom is 0.224 e. The molecule has 0 radical (unpaired) electrons. The molecule has 0 spiro atoms. The van der Waals surface area contributed by atoms with E-state index >= 15 is 0 Å². The molecule has 0 atom stereocenters. The molecule has 3 aromatic rings. The summed E-state index contributed by atoms with van der Waals surface area (Å²) >= 11 is 0.